The van der Waals surface area contributed by atoms with Gasteiger partial charge in [-0.15, -0.1) is 0 Å². The van der Waals surface area contributed by atoms with Gasteiger partial charge in [0, 0.05) is 6.42 Å². The van der Waals surface area contributed by atoms with Crippen LogP contribution < -0.4 is 5.73 Å². The third kappa shape index (κ3) is 2.76. The molecule has 0 amide bonds. The third-order valence-corrected chi connectivity index (χ3v) is 2.60. The van der Waals surface area contributed by atoms with E-state index in [9.17, 15) is 0 Å². The van der Waals surface area contributed by atoms with Gasteiger partial charge in [0.25, 0.3) is 0 Å². The molecule has 1 unspecified atom stereocenters. The monoisotopic (exact) mass is 219 g/mol. The predicted molar refractivity (Wildman–Crippen MR) is 63.1 cm³/mol. The Morgan fingerprint density at radius 2 is 2.25 bits per heavy atom. The molecule has 3 nitrogen and oxygen atoms in total. The molecule has 0 bridgehead atoms. The molecule has 86 valence electrons. The summed E-state index contributed by atoms with van der Waals surface area (Å²) in [6, 6.07) is -0.130. The Labute approximate surface area is 95.9 Å². The highest BCUT2D eigenvalue weighted by molar-refractivity contribution is 5.22. The molecule has 3 heteroatoms. The number of hydrogen-bond acceptors (Lipinski definition) is 3. The molecule has 1 heterocycles. The lowest BCUT2D eigenvalue weighted by molar-refractivity contribution is 0.210. The smallest absolute Gasteiger partial charge is 0.155 e. The Morgan fingerprint density at radius 1 is 1.38 bits per heavy atom. The molecule has 2 rings (SSSR count). The number of allylic oxidation sites excluding steroid dienone is 4. The average molecular weight is 219 g/mol. The van der Waals surface area contributed by atoms with Crippen molar-refractivity contribution in [2.75, 3.05) is 0 Å². The molecule has 0 aromatic carbocycles. The number of nitrogens with two attached hydrogens (primary N) is 1. The van der Waals surface area contributed by atoms with E-state index < -0.39 is 0 Å². The highest BCUT2D eigenvalue weighted by Gasteiger charge is 2.13. The normalized spacial score (nSPS) is 21.2. The van der Waals surface area contributed by atoms with Crippen molar-refractivity contribution in [2.45, 2.75) is 32.2 Å². The van der Waals surface area contributed by atoms with Gasteiger partial charge in [-0.1, -0.05) is 23.8 Å². The van der Waals surface area contributed by atoms with Gasteiger partial charge in [-0.25, -0.2) is 0 Å². The van der Waals surface area contributed by atoms with Crippen LogP contribution in [-0.4, -0.2) is 6.04 Å². The molecule has 0 spiro atoms. The van der Waals surface area contributed by atoms with Crippen LogP contribution in [0.15, 0.2) is 47.8 Å². The molecule has 16 heavy (non-hydrogen) atoms. The summed E-state index contributed by atoms with van der Waals surface area (Å²) < 4.78 is 10.9. The van der Waals surface area contributed by atoms with Crippen LogP contribution in [0.4, 0.5) is 0 Å². The molecule has 0 saturated heterocycles. The number of hydrogen-bond donors (Lipinski definition) is 1. The van der Waals surface area contributed by atoms with E-state index in [4.69, 9.17) is 15.2 Å². The van der Waals surface area contributed by atoms with Crippen molar-refractivity contribution in [3.05, 3.63) is 47.8 Å². The van der Waals surface area contributed by atoms with Gasteiger partial charge < -0.3 is 15.2 Å². The van der Waals surface area contributed by atoms with E-state index in [0.29, 0.717) is 5.76 Å². The molecule has 1 aliphatic heterocycles. The minimum absolute atomic E-state index is 0.130. The van der Waals surface area contributed by atoms with Gasteiger partial charge in [-0.2, -0.15) is 0 Å². The summed E-state index contributed by atoms with van der Waals surface area (Å²) in [5.41, 5.74) is 7.04. The summed E-state index contributed by atoms with van der Waals surface area (Å²) in [6.07, 6.45) is 12.7. The average Bonchev–Trinajstić information content (AvgIpc) is 2.31. The minimum atomic E-state index is -0.130. The Kier molecular flexibility index (Phi) is 3.47. The van der Waals surface area contributed by atoms with E-state index in [1.807, 2.05) is 6.92 Å². The van der Waals surface area contributed by atoms with Crippen molar-refractivity contribution >= 4 is 0 Å². The predicted octanol–water partition coefficient (Wildman–Crippen LogP) is 2.73. The molecule has 2 N–H and O–H groups in total. The molecule has 0 aromatic heterocycles. The number of rotatable bonds is 3. The largest absolute Gasteiger partial charge is 0.462 e. The molecular weight excluding hydrogens is 202 g/mol. The van der Waals surface area contributed by atoms with Crippen molar-refractivity contribution in [3.63, 3.8) is 0 Å². The fraction of sp³-hybridized carbons (Fsp3) is 0.385. The van der Waals surface area contributed by atoms with E-state index in [1.165, 1.54) is 5.57 Å². The lowest BCUT2D eigenvalue weighted by Crippen LogP contribution is -2.20. The first-order valence-electron chi connectivity index (χ1n) is 5.58. The molecule has 0 fully saturated rings. The zero-order valence-electron chi connectivity index (χ0n) is 9.48. The lowest BCUT2D eigenvalue weighted by atomic mass is 10.0. The second-order valence-electron chi connectivity index (χ2n) is 4.10. The van der Waals surface area contributed by atoms with Gasteiger partial charge in [-0.3, -0.25) is 0 Å². The first-order chi connectivity index (χ1) is 7.75. The zero-order valence-corrected chi connectivity index (χ0v) is 9.48. The standard InChI is InChI=1S/C13H17NO2/c1-10(14)13-9-15-12(8-16-13)7-11-5-3-2-4-6-11/h2-3,5,8-10H,4,6-7,14H2,1H3. The SMILES string of the molecule is CC(N)C1=COC(CC2=CC=CCC2)=CO1. The van der Waals surface area contributed by atoms with Crippen molar-refractivity contribution in [1.82, 2.24) is 0 Å². The summed E-state index contributed by atoms with van der Waals surface area (Å²) in [5.74, 6) is 1.51. The maximum atomic E-state index is 5.67. The molecule has 1 aliphatic carbocycles. The van der Waals surface area contributed by atoms with Gasteiger partial charge in [0.1, 0.15) is 18.3 Å². The van der Waals surface area contributed by atoms with Gasteiger partial charge in [-0.05, 0) is 19.8 Å². The van der Waals surface area contributed by atoms with E-state index in [2.05, 4.69) is 18.2 Å². The maximum Gasteiger partial charge on any atom is 0.155 e. The fourth-order valence-corrected chi connectivity index (χ4v) is 1.64. The van der Waals surface area contributed by atoms with Crippen molar-refractivity contribution in [1.29, 1.82) is 0 Å². The summed E-state index contributed by atoms with van der Waals surface area (Å²) in [7, 11) is 0. The Bertz CT molecular complexity index is 375. The molecule has 0 aromatic rings. The van der Waals surface area contributed by atoms with Gasteiger partial charge >= 0.3 is 0 Å². The zero-order chi connectivity index (χ0) is 11.4. The molecule has 0 saturated carbocycles. The van der Waals surface area contributed by atoms with Crippen LogP contribution in [0.1, 0.15) is 26.2 Å². The third-order valence-electron chi connectivity index (χ3n) is 2.60. The van der Waals surface area contributed by atoms with Crippen molar-refractivity contribution in [2.24, 2.45) is 5.73 Å². The molecule has 1 atom stereocenters. The van der Waals surface area contributed by atoms with E-state index in [0.717, 1.165) is 25.0 Å². The Hall–Kier alpha value is -1.48. The summed E-state index contributed by atoms with van der Waals surface area (Å²) in [5, 5.41) is 0. The van der Waals surface area contributed by atoms with E-state index in [1.54, 1.807) is 12.5 Å². The molecule has 2 aliphatic rings. The first-order valence-corrected chi connectivity index (χ1v) is 5.58. The van der Waals surface area contributed by atoms with Crippen LogP contribution in [0, 0.1) is 0 Å². The fourth-order valence-electron chi connectivity index (χ4n) is 1.64. The lowest BCUT2D eigenvalue weighted by Gasteiger charge is -2.18. The van der Waals surface area contributed by atoms with Crippen molar-refractivity contribution in [3.8, 4) is 0 Å². The quantitative estimate of drug-likeness (QED) is 0.793. The van der Waals surface area contributed by atoms with Crippen molar-refractivity contribution < 1.29 is 9.47 Å². The second kappa shape index (κ2) is 5.03. The summed E-state index contributed by atoms with van der Waals surface area (Å²) in [4.78, 5) is 0. The molecular formula is C13H17NO2. The van der Waals surface area contributed by atoms with Crippen LogP contribution in [0.3, 0.4) is 0 Å². The van der Waals surface area contributed by atoms with Crippen LogP contribution in [0.5, 0.6) is 0 Å². The minimum Gasteiger partial charge on any atom is -0.462 e. The van der Waals surface area contributed by atoms with Gasteiger partial charge in [0.15, 0.2) is 5.76 Å². The first kappa shape index (κ1) is 11.0. The Morgan fingerprint density at radius 3 is 2.81 bits per heavy atom. The van der Waals surface area contributed by atoms with E-state index in [-0.39, 0.29) is 6.04 Å². The summed E-state index contributed by atoms with van der Waals surface area (Å²) in [6.45, 7) is 1.86. The molecule has 0 radical (unpaired) electrons. The second-order valence-corrected chi connectivity index (χ2v) is 4.10. The highest BCUT2D eigenvalue weighted by Crippen LogP contribution is 2.24. The van der Waals surface area contributed by atoms with E-state index >= 15 is 0 Å². The topological polar surface area (TPSA) is 44.5 Å². The van der Waals surface area contributed by atoms with Crippen LogP contribution in [0.2, 0.25) is 0 Å². The van der Waals surface area contributed by atoms with Crippen LogP contribution in [0.25, 0.3) is 0 Å². The number of ether oxygens (including phenoxy) is 2. The van der Waals surface area contributed by atoms with Gasteiger partial charge in [0.2, 0.25) is 0 Å². The Balaban J connectivity index is 1.90. The summed E-state index contributed by atoms with van der Waals surface area (Å²) >= 11 is 0. The highest BCUT2D eigenvalue weighted by atomic mass is 16.5. The maximum absolute atomic E-state index is 5.67. The van der Waals surface area contributed by atoms with Crippen LogP contribution >= 0.6 is 0 Å². The van der Waals surface area contributed by atoms with Gasteiger partial charge in [0.05, 0.1) is 6.04 Å². The van der Waals surface area contributed by atoms with Crippen LogP contribution in [-0.2, 0) is 9.47 Å².